The van der Waals surface area contributed by atoms with Crippen LogP contribution in [0.15, 0.2) is 66.3 Å². The van der Waals surface area contributed by atoms with E-state index in [1.165, 1.54) is 67.1 Å². The molecule has 1 aromatic heterocycles. The number of allylic oxidation sites excluding steroid dienone is 1. The molecule has 0 saturated heterocycles. The molecule has 1 fully saturated rings. The number of nitrogens with zero attached hydrogens (tertiary/aromatic N) is 1. The first-order valence-electron chi connectivity index (χ1n) is 16.0. The number of nitrogens with one attached hydrogen (secondary N) is 2. The zero-order chi connectivity index (χ0) is 30.6. The third-order valence-corrected chi connectivity index (χ3v) is 8.33. The molecule has 0 spiro atoms. The van der Waals surface area contributed by atoms with E-state index in [0.717, 1.165) is 43.6 Å². The number of fused-ring (bicyclic) bond motifs is 3. The van der Waals surface area contributed by atoms with Crippen LogP contribution in [0.1, 0.15) is 94.6 Å². The molecule has 0 radical (unpaired) electrons. The molecule has 1 heterocycles. The molecule has 7 heteroatoms. The lowest BCUT2D eigenvalue weighted by atomic mass is 9.95. The molecule has 7 nitrogen and oxygen atoms in total. The van der Waals surface area contributed by atoms with Gasteiger partial charge in [0.1, 0.15) is 0 Å². The summed E-state index contributed by atoms with van der Waals surface area (Å²) in [5, 5.41) is 21.9. The molecule has 3 aromatic rings. The highest BCUT2D eigenvalue weighted by molar-refractivity contribution is 6.03. The minimum absolute atomic E-state index is 0.0624. The number of unbranched alkanes of at least 4 members (excludes halogenated alkanes) is 2. The van der Waals surface area contributed by atoms with E-state index in [1.807, 2.05) is 6.08 Å². The largest absolute Gasteiger partial charge is 0.479 e. The third kappa shape index (κ3) is 8.60. The monoisotopic (exact) mass is 585 g/mol. The van der Waals surface area contributed by atoms with Gasteiger partial charge >= 0.3 is 5.97 Å². The Kier molecular flexibility index (Phi) is 12.0. The average Bonchev–Trinajstić information content (AvgIpc) is 3.24. The van der Waals surface area contributed by atoms with Crippen molar-refractivity contribution in [2.45, 2.75) is 90.2 Å². The number of hydrogen-bond donors (Lipinski definition) is 4. The van der Waals surface area contributed by atoms with E-state index < -0.39 is 12.1 Å². The Hall–Kier alpha value is -3.84. The molecule has 0 aliphatic heterocycles. The molecule has 2 aliphatic carbocycles. The van der Waals surface area contributed by atoms with Crippen molar-refractivity contribution in [3.63, 3.8) is 0 Å². The minimum atomic E-state index is -1.41. The number of para-hydroxylation sites is 1. The van der Waals surface area contributed by atoms with E-state index >= 15 is 0 Å². The van der Waals surface area contributed by atoms with Gasteiger partial charge in [0.05, 0.1) is 11.2 Å². The Bertz CT molecular complexity index is 1390. The molecule has 1 atom stereocenters. The molecular formula is C36H47N3O4. The van der Waals surface area contributed by atoms with Gasteiger partial charge in [0.2, 0.25) is 0 Å². The van der Waals surface area contributed by atoms with Crippen molar-refractivity contribution < 1.29 is 19.8 Å². The minimum Gasteiger partial charge on any atom is -0.479 e. The number of hydrogen-bond acceptors (Lipinski definition) is 4. The van der Waals surface area contributed by atoms with Crippen molar-refractivity contribution in [1.29, 1.82) is 0 Å². The summed E-state index contributed by atoms with van der Waals surface area (Å²) in [5.41, 5.74) is 6.05. The number of H-pyrrole nitrogens is 1. The smallest absolute Gasteiger partial charge is 0.337 e. The summed E-state index contributed by atoms with van der Waals surface area (Å²) in [6, 6.07) is 15.2. The predicted octanol–water partition coefficient (Wildman–Crippen LogP) is 7.32. The number of carbonyl (C=O) groups excluding carboxylic acids is 1. The van der Waals surface area contributed by atoms with E-state index in [2.05, 4.69) is 59.4 Å². The number of benzene rings is 2. The van der Waals surface area contributed by atoms with E-state index in [-0.39, 0.29) is 5.91 Å². The lowest BCUT2D eigenvalue weighted by molar-refractivity contribution is -0.147. The number of aliphatic carboxylic acids is 1. The number of anilines is 1. The Morgan fingerprint density at radius 1 is 0.977 bits per heavy atom. The van der Waals surface area contributed by atoms with Gasteiger partial charge in [-0.3, -0.25) is 4.79 Å². The van der Waals surface area contributed by atoms with Crippen molar-refractivity contribution in [1.82, 2.24) is 10.3 Å². The number of rotatable bonds is 11. The second-order valence-corrected chi connectivity index (χ2v) is 11.6. The van der Waals surface area contributed by atoms with Crippen LogP contribution in [0.3, 0.4) is 0 Å². The molecule has 2 aromatic carbocycles. The maximum absolute atomic E-state index is 13.0. The molecular weight excluding hydrogens is 538 g/mol. The molecule has 230 valence electrons. The zero-order valence-electron chi connectivity index (χ0n) is 25.6. The van der Waals surface area contributed by atoms with Gasteiger partial charge in [-0.15, -0.1) is 0 Å². The van der Waals surface area contributed by atoms with Gasteiger partial charge < -0.3 is 25.4 Å². The number of amides is 1. The van der Waals surface area contributed by atoms with E-state index in [0.29, 0.717) is 11.6 Å². The normalized spacial score (nSPS) is 15.5. The van der Waals surface area contributed by atoms with Gasteiger partial charge in [0.25, 0.3) is 5.91 Å². The first-order valence-corrected chi connectivity index (χ1v) is 16.0. The van der Waals surface area contributed by atoms with Crippen molar-refractivity contribution in [2.75, 3.05) is 18.0 Å². The number of aromatic amines is 1. The summed E-state index contributed by atoms with van der Waals surface area (Å²) in [5.74, 6) is -1.16. The standard InChI is InChI=1S/C28H39N3O.C8H8O3/c1-3-5-18-31(19-6-4-2)26-17-11-16-24-23-15-10-12-21(20-25(23)30-27(24)26)28(32)29-22-13-8-7-9-14-22;9-7(8(10)11)6-4-2-1-3-5-6/h10-12,16-17,20,22,30H,3-9,13-15,18-19H2,1-2H3,(H,29,32);1-5,7,9H,(H,10,11). The molecule has 2 aliphatic rings. The van der Waals surface area contributed by atoms with Crippen LogP contribution < -0.4 is 10.2 Å². The van der Waals surface area contributed by atoms with Gasteiger partial charge in [-0.2, -0.15) is 0 Å². The maximum atomic E-state index is 13.0. The topological polar surface area (TPSA) is 106 Å². The van der Waals surface area contributed by atoms with Gasteiger partial charge in [0.15, 0.2) is 6.10 Å². The fourth-order valence-corrected chi connectivity index (χ4v) is 5.88. The summed E-state index contributed by atoms with van der Waals surface area (Å²) in [4.78, 5) is 29.5. The number of carboxylic acids is 1. The highest BCUT2D eigenvalue weighted by atomic mass is 16.4. The first-order chi connectivity index (χ1) is 20.9. The van der Waals surface area contributed by atoms with Gasteiger partial charge in [0, 0.05) is 35.8 Å². The molecule has 5 rings (SSSR count). The lowest BCUT2D eigenvalue weighted by Gasteiger charge is -2.25. The van der Waals surface area contributed by atoms with E-state index in [1.54, 1.807) is 30.3 Å². The molecule has 1 amide bonds. The summed E-state index contributed by atoms with van der Waals surface area (Å²) < 4.78 is 0. The SMILES string of the molecule is CCCCN(CCCC)c1cccc2c3c([nH]c12)C=C(C(=O)NC1CCCCC1)C=CC3.O=C(O)C(O)c1ccccc1. The number of aliphatic hydroxyl groups excluding tert-OH is 1. The number of aromatic nitrogens is 1. The summed E-state index contributed by atoms with van der Waals surface area (Å²) >= 11 is 0. The quantitative estimate of drug-likeness (QED) is 0.189. The lowest BCUT2D eigenvalue weighted by Crippen LogP contribution is -2.36. The Labute approximate surface area is 255 Å². The highest BCUT2D eigenvalue weighted by Gasteiger charge is 2.21. The van der Waals surface area contributed by atoms with E-state index in [9.17, 15) is 9.59 Å². The Morgan fingerprint density at radius 3 is 2.33 bits per heavy atom. The fraction of sp³-hybridized carbons (Fsp3) is 0.444. The summed E-state index contributed by atoms with van der Waals surface area (Å²) in [7, 11) is 0. The predicted molar refractivity (Wildman–Crippen MR) is 175 cm³/mol. The van der Waals surface area contributed by atoms with Gasteiger partial charge in [-0.05, 0) is 55.4 Å². The van der Waals surface area contributed by atoms with Gasteiger partial charge in [-0.25, -0.2) is 4.79 Å². The maximum Gasteiger partial charge on any atom is 0.337 e. The number of carbonyl (C=O) groups is 2. The molecule has 1 saturated carbocycles. The molecule has 4 N–H and O–H groups in total. The number of aliphatic hydroxyl groups is 1. The zero-order valence-corrected chi connectivity index (χ0v) is 25.6. The summed E-state index contributed by atoms with van der Waals surface area (Å²) in [6.45, 7) is 6.69. The molecule has 0 bridgehead atoms. The molecule has 43 heavy (non-hydrogen) atoms. The van der Waals surface area contributed by atoms with Crippen LogP contribution in [0.5, 0.6) is 0 Å². The van der Waals surface area contributed by atoms with Crippen LogP contribution in [0, 0.1) is 0 Å². The average molecular weight is 586 g/mol. The Morgan fingerprint density at radius 2 is 1.67 bits per heavy atom. The van der Waals surface area contributed by atoms with Crippen molar-refractivity contribution in [3.8, 4) is 0 Å². The van der Waals surface area contributed by atoms with Crippen LogP contribution in [-0.2, 0) is 16.0 Å². The van der Waals surface area contributed by atoms with Crippen LogP contribution in [-0.4, -0.2) is 46.2 Å². The van der Waals surface area contributed by atoms with Crippen molar-refractivity contribution >= 4 is 34.5 Å². The highest BCUT2D eigenvalue weighted by Crippen LogP contribution is 2.34. The second kappa shape index (κ2) is 16.1. The third-order valence-electron chi connectivity index (χ3n) is 8.33. The van der Waals surface area contributed by atoms with Crippen LogP contribution in [0.2, 0.25) is 0 Å². The van der Waals surface area contributed by atoms with Crippen LogP contribution in [0.25, 0.3) is 17.0 Å². The van der Waals surface area contributed by atoms with Crippen molar-refractivity contribution in [2.24, 2.45) is 0 Å². The molecule has 1 unspecified atom stereocenters. The van der Waals surface area contributed by atoms with Crippen LogP contribution >= 0.6 is 0 Å². The van der Waals surface area contributed by atoms with Gasteiger partial charge in [-0.1, -0.05) is 101 Å². The van der Waals surface area contributed by atoms with Crippen LogP contribution in [0.4, 0.5) is 5.69 Å². The number of carboxylic acid groups (broad SMARTS) is 1. The first kappa shape index (κ1) is 32.1. The van der Waals surface area contributed by atoms with Crippen molar-refractivity contribution in [3.05, 3.63) is 83.1 Å². The summed E-state index contributed by atoms with van der Waals surface area (Å²) in [6.07, 6.45) is 16.4. The Balaban J connectivity index is 0.000000324. The fourth-order valence-electron chi connectivity index (χ4n) is 5.88. The second-order valence-electron chi connectivity index (χ2n) is 11.6. The van der Waals surface area contributed by atoms with E-state index in [4.69, 9.17) is 10.2 Å².